The molecule has 1 heterocycles. The van der Waals surface area contributed by atoms with Gasteiger partial charge >= 0.3 is 5.97 Å². The first-order valence-electron chi connectivity index (χ1n) is 7.42. The average Bonchev–Trinajstić information content (AvgIpc) is 2.77. The topological polar surface area (TPSA) is 57.6 Å². The Morgan fingerprint density at radius 2 is 2.09 bits per heavy atom. The molecular weight excluding hydrogens is 330 g/mol. The summed E-state index contributed by atoms with van der Waals surface area (Å²) in [5.74, 6) is -1.52. The van der Waals surface area contributed by atoms with Crippen LogP contribution in [0, 0.1) is 12.8 Å². The average molecular weight is 349 g/mol. The normalized spacial score (nSPS) is 19.3. The number of thioether (sulfide) groups is 1. The SMILES string of the molecule is CCC(C)C(C(=O)O)N1C(=O)/C(=C/c2ccccc2C)SC1=S. The smallest absolute Gasteiger partial charge is 0.327 e. The standard InChI is InChI=1S/C17H19NO3S2/c1-4-10(2)14(16(20)21)18-15(19)13(23-17(18)22)9-12-8-6-5-7-11(12)3/h5-10,14H,4H2,1-3H3,(H,20,21)/b13-9-. The molecule has 0 aromatic heterocycles. The Bertz CT molecular complexity index is 684. The highest BCUT2D eigenvalue weighted by atomic mass is 32.2. The van der Waals surface area contributed by atoms with Crippen molar-refractivity contribution in [1.82, 2.24) is 4.90 Å². The summed E-state index contributed by atoms with van der Waals surface area (Å²) in [6.07, 6.45) is 2.44. The summed E-state index contributed by atoms with van der Waals surface area (Å²) in [7, 11) is 0. The number of aliphatic carboxylic acids is 1. The number of amides is 1. The van der Waals surface area contributed by atoms with Crippen molar-refractivity contribution >= 4 is 46.3 Å². The number of hydrogen-bond acceptors (Lipinski definition) is 4. The first-order chi connectivity index (χ1) is 10.9. The predicted molar refractivity (Wildman–Crippen MR) is 97.1 cm³/mol. The van der Waals surface area contributed by atoms with Crippen molar-refractivity contribution in [2.75, 3.05) is 0 Å². The third kappa shape index (κ3) is 3.64. The van der Waals surface area contributed by atoms with Crippen molar-refractivity contribution in [2.24, 2.45) is 5.92 Å². The number of rotatable bonds is 5. The van der Waals surface area contributed by atoms with Gasteiger partial charge in [-0.25, -0.2) is 4.79 Å². The predicted octanol–water partition coefficient (Wildman–Crippen LogP) is 3.70. The molecule has 6 heteroatoms. The Labute approximate surface area is 145 Å². The van der Waals surface area contributed by atoms with Gasteiger partial charge in [0.2, 0.25) is 0 Å². The highest BCUT2D eigenvalue weighted by Gasteiger charge is 2.42. The number of carbonyl (C=O) groups excluding carboxylic acids is 1. The zero-order chi connectivity index (χ0) is 17.1. The number of carbonyl (C=O) groups is 2. The number of benzene rings is 1. The molecule has 1 saturated heterocycles. The third-order valence-corrected chi connectivity index (χ3v) is 5.34. The number of carboxylic acids is 1. The molecule has 0 saturated carbocycles. The van der Waals surface area contributed by atoms with Gasteiger partial charge in [-0.1, -0.05) is 68.5 Å². The van der Waals surface area contributed by atoms with E-state index in [1.165, 1.54) is 4.90 Å². The molecule has 0 aliphatic carbocycles. The fraction of sp³-hybridized carbons (Fsp3) is 0.353. The summed E-state index contributed by atoms with van der Waals surface area (Å²) in [6, 6.07) is 6.80. The quantitative estimate of drug-likeness (QED) is 0.649. The van der Waals surface area contributed by atoms with Crippen molar-refractivity contribution in [3.05, 3.63) is 40.3 Å². The molecule has 2 rings (SSSR count). The van der Waals surface area contributed by atoms with E-state index >= 15 is 0 Å². The van der Waals surface area contributed by atoms with Crippen LogP contribution in [0.3, 0.4) is 0 Å². The Balaban J connectivity index is 2.36. The van der Waals surface area contributed by atoms with Crippen LogP contribution >= 0.6 is 24.0 Å². The molecule has 0 radical (unpaired) electrons. The highest BCUT2D eigenvalue weighted by molar-refractivity contribution is 8.26. The summed E-state index contributed by atoms with van der Waals surface area (Å²) in [5.41, 5.74) is 1.98. The van der Waals surface area contributed by atoms with Gasteiger partial charge in [-0.15, -0.1) is 0 Å². The lowest BCUT2D eigenvalue weighted by molar-refractivity contribution is -0.147. The Kier molecular flexibility index (Phi) is 5.59. The summed E-state index contributed by atoms with van der Waals surface area (Å²) < 4.78 is 0.308. The van der Waals surface area contributed by atoms with Crippen molar-refractivity contribution in [1.29, 1.82) is 0 Å². The van der Waals surface area contributed by atoms with Crippen molar-refractivity contribution in [3.8, 4) is 0 Å². The number of nitrogens with zero attached hydrogens (tertiary/aromatic N) is 1. The molecule has 1 N–H and O–H groups in total. The minimum Gasteiger partial charge on any atom is -0.480 e. The lowest BCUT2D eigenvalue weighted by atomic mass is 9.98. The Hall–Kier alpha value is -1.66. The van der Waals surface area contributed by atoms with Gasteiger partial charge in [0.1, 0.15) is 10.4 Å². The van der Waals surface area contributed by atoms with Gasteiger partial charge in [-0.05, 0) is 30.0 Å². The molecule has 1 aliphatic rings. The van der Waals surface area contributed by atoms with Crippen molar-refractivity contribution in [2.45, 2.75) is 33.2 Å². The maximum Gasteiger partial charge on any atom is 0.327 e. The molecule has 0 bridgehead atoms. The van der Waals surface area contributed by atoms with Crippen molar-refractivity contribution < 1.29 is 14.7 Å². The van der Waals surface area contributed by atoms with E-state index in [4.69, 9.17) is 12.2 Å². The monoisotopic (exact) mass is 349 g/mol. The molecule has 1 aliphatic heterocycles. The van der Waals surface area contributed by atoms with E-state index < -0.39 is 12.0 Å². The van der Waals surface area contributed by atoms with Crippen LogP contribution in [0.2, 0.25) is 0 Å². The second-order valence-corrected chi connectivity index (χ2v) is 7.25. The van der Waals surface area contributed by atoms with Gasteiger partial charge in [-0.3, -0.25) is 9.69 Å². The third-order valence-electron chi connectivity index (χ3n) is 4.01. The van der Waals surface area contributed by atoms with Crippen LogP contribution in [0.25, 0.3) is 6.08 Å². The largest absolute Gasteiger partial charge is 0.480 e. The van der Waals surface area contributed by atoms with Crippen molar-refractivity contribution in [3.63, 3.8) is 0 Å². The number of carboxylic acid groups (broad SMARTS) is 1. The van der Waals surface area contributed by atoms with Gasteiger partial charge in [0, 0.05) is 0 Å². The van der Waals surface area contributed by atoms with Crippen LogP contribution in [0.1, 0.15) is 31.4 Å². The fourth-order valence-electron chi connectivity index (χ4n) is 2.44. The highest BCUT2D eigenvalue weighted by Crippen LogP contribution is 2.36. The van der Waals surface area contributed by atoms with Gasteiger partial charge in [-0.2, -0.15) is 0 Å². The molecule has 1 fully saturated rings. The first kappa shape index (κ1) is 17.7. The van der Waals surface area contributed by atoms with Gasteiger partial charge in [0.15, 0.2) is 0 Å². The van der Waals surface area contributed by atoms with E-state index in [0.717, 1.165) is 22.9 Å². The molecule has 23 heavy (non-hydrogen) atoms. The van der Waals surface area contributed by atoms with Crippen LogP contribution < -0.4 is 0 Å². The van der Waals surface area contributed by atoms with Crippen LogP contribution in [0.15, 0.2) is 29.2 Å². The van der Waals surface area contributed by atoms with E-state index in [0.29, 0.717) is 15.6 Å². The van der Waals surface area contributed by atoms with Gasteiger partial charge in [0.05, 0.1) is 4.91 Å². The number of thiocarbonyl (C=S) groups is 1. The minimum absolute atomic E-state index is 0.173. The molecule has 0 spiro atoms. The number of hydrogen-bond donors (Lipinski definition) is 1. The molecule has 2 unspecified atom stereocenters. The number of aryl methyl sites for hydroxylation is 1. The summed E-state index contributed by atoms with van der Waals surface area (Å²) in [6.45, 7) is 5.69. The second kappa shape index (κ2) is 7.27. The van der Waals surface area contributed by atoms with Gasteiger partial charge in [0.25, 0.3) is 5.91 Å². The zero-order valence-corrected chi connectivity index (χ0v) is 14.9. The molecule has 1 aromatic rings. The Morgan fingerprint density at radius 1 is 1.43 bits per heavy atom. The molecule has 122 valence electrons. The molecular formula is C17H19NO3S2. The summed E-state index contributed by atoms with van der Waals surface area (Å²) >= 11 is 6.43. The summed E-state index contributed by atoms with van der Waals surface area (Å²) in [4.78, 5) is 26.0. The van der Waals surface area contributed by atoms with E-state index in [1.54, 1.807) is 6.08 Å². The van der Waals surface area contributed by atoms with E-state index in [2.05, 4.69) is 0 Å². The van der Waals surface area contributed by atoms with Crippen LogP contribution in [0.5, 0.6) is 0 Å². The fourth-order valence-corrected chi connectivity index (χ4v) is 3.76. The van der Waals surface area contributed by atoms with Gasteiger partial charge < -0.3 is 5.11 Å². The lowest BCUT2D eigenvalue weighted by Gasteiger charge is -2.27. The minimum atomic E-state index is -1.02. The second-order valence-electron chi connectivity index (χ2n) is 5.58. The molecule has 1 aromatic carbocycles. The molecule has 1 amide bonds. The van der Waals surface area contributed by atoms with Crippen LogP contribution in [0.4, 0.5) is 0 Å². The zero-order valence-electron chi connectivity index (χ0n) is 13.3. The molecule has 4 nitrogen and oxygen atoms in total. The van der Waals surface area contributed by atoms with E-state index in [1.807, 2.05) is 45.0 Å². The van der Waals surface area contributed by atoms with E-state index in [9.17, 15) is 14.7 Å². The maximum atomic E-state index is 12.7. The molecule has 2 atom stereocenters. The first-order valence-corrected chi connectivity index (χ1v) is 8.64. The Morgan fingerprint density at radius 3 is 2.65 bits per heavy atom. The summed E-state index contributed by atoms with van der Waals surface area (Å²) in [5, 5.41) is 9.51. The maximum absolute atomic E-state index is 12.7. The van der Waals surface area contributed by atoms with Crippen LogP contribution in [-0.4, -0.2) is 32.2 Å². The lowest BCUT2D eigenvalue weighted by Crippen LogP contribution is -2.47. The van der Waals surface area contributed by atoms with E-state index in [-0.39, 0.29) is 11.8 Å². The van der Waals surface area contributed by atoms with Crippen LogP contribution in [-0.2, 0) is 9.59 Å².